The van der Waals surface area contributed by atoms with Crippen molar-refractivity contribution >= 4 is 28.8 Å². The van der Waals surface area contributed by atoms with Crippen LogP contribution in [0, 0.1) is 0 Å². The third-order valence-corrected chi connectivity index (χ3v) is 5.80. The maximum Gasteiger partial charge on any atom is 0.202 e. The Morgan fingerprint density at radius 2 is 1.48 bits per heavy atom. The van der Waals surface area contributed by atoms with Gasteiger partial charge in [-0.1, -0.05) is 60.5 Å². The monoisotopic (exact) mass is 404 g/mol. The third-order valence-electron chi connectivity index (χ3n) is 5.29. The normalized spacial score (nSPS) is 24.7. The highest BCUT2D eigenvalue weighted by atomic mass is 35.5. The van der Waals surface area contributed by atoms with Crippen molar-refractivity contribution in [1.29, 1.82) is 0 Å². The second kappa shape index (κ2) is 7.94. The molecule has 0 N–H and O–H groups in total. The minimum absolute atomic E-state index is 0.322. The lowest BCUT2D eigenvalue weighted by Crippen LogP contribution is -2.48. The SMILES string of the molecule is C=C(c1ccc(Cl)cc1)[C@H]1OOC2(CCCCC2)O[C@@H]1c1ccc(Cl)cc1. The van der Waals surface area contributed by atoms with Gasteiger partial charge in [-0.15, -0.1) is 0 Å². The quantitative estimate of drug-likeness (QED) is 0.529. The lowest BCUT2D eigenvalue weighted by molar-refractivity contribution is -0.501. The molecule has 2 aromatic carbocycles. The van der Waals surface area contributed by atoms with Gasteiger partial charge in [0.05, 0.1) is 0 Å². The van der Waals surface area contributed by atoms with Crippen LogP contribution in [-0.4, -0.2) is 11.9 Å². The van der Waals surface area contributed by atoms with Crippen molar-refractivity contribution in [2.45, 2.75) is 50.1 Å². The Bertz CT molecular complexity index is 795. The molecule has 142 valence electrons. The summed E-state index contributed by atoms with van der Waals surface area (Å²) >= 11 is 12.1. The molecule has 5 heteroatoms. The van der Waals surface area contributed by atoms with E-state index in [-0.39, 0.29) is 6.10 Å². The molecule has 1 heterocycles. The minimum Gasteiger partial charge on any atom is -0.336 e. The third kappa shape index (κ3) is 4.08. The lowest BCUT2D eigenvalue weighted by Gasteiger charge is -2.45. The van der Waals surface area contributed by atoms with Gasteiger partial charge in [-0.2, -0.15) is 0 Å². The minimum atomic E-state index is -0.681. The van der Waals surface area contributed by atoms with Crippen LogP contribution < -0.4 is 0 Å². The van der Waals surface area contributed by atoms with Crippen molar-refractivity contribution in [1.82, 2.24) is 0 Å². The standard InChI is InChI=1S/C22H22Cl2O3/c1-15(16-5-9-18(23)10-6-16)20-21(17-7-11-19(24)12-8-17)25-22(27-26-20)13-3-2-4-14-22/h5-12,20-21H,1-4,13-14H2/t20-,21-/m1/s1. The number of halogens is 2. The molecule has 2 aromatic rings. The van der Waals surface area contributed by atoms with Gasteiger partial charge in [0.2, 0.25) is 5.79 Å². The van der Waals surface area contributed by atoms with Gasteiger partial charge in [0.15, 0.2) is 0 Å². The highest BCUT2D eigenvalue weighted by molar-refractivity contribution is 6.30. The zero-order valence-electron chi connectivity index (χ0n) is 15.0. The first kappa shape index (κ1) is 19.0. The number of ether oxygens (including phenoxy) is 1. The first-order chi connectivity index (χ1) is 13.1. The molecule has 0 unspecified atom stereocenters. The van der Waals surface area contributed by atoms with Crippen LogP contribution in [0.4, 0.5) is 0 Å². The highest BCUT2D eigenvalue weighted by Gasteiger charge is 2.46. The van der Waals surface area contributed by atoms with E-state index >= 15 is 0 Å². The Morgan fingerprint density at radius 1 is 0.889 bits per heavy atom. The number of hydrogen-bond acceptors (Lipinski definition) is 3. The zero-order chi connectivity index (χ0) is 18.9. The van der Waals surface area contributed by atoms with E-state index in [4.69, 9.17) is 37.7 Å². The average Bonchev–Trinajstić information content (AvgIpc) is 2.69. The molecule has 1 saturated heterocycles. The van der Waals surface area contributed by atoms with Crippen LogP contribution in [0.25, 0.3) is 5.57 Å². The summed E-state index contributed by atoms with van der Waals surface area (Å²) in [6.07, 6.45) is 4.21. The molecular weight excluding hydrogens is 383 g/mol. The van der Waals surface area contributed by atoms with Gasteiger partial charge in [0, 0.05) is 22.9 Å². The maximum absolute atomic E-state index is 6.54. The van der Waals surface area contributed by atoms with Crippen LogP contribution >= 0.6 is 23.2 Å². The summed E-state index contributed by atoms with van der Waals surface area (Å²) in [6, 6.07) is 15.2. The number of rotatable bonds is 3. The van der Waals surface area contributed by atoms with Crippen LogP contribution in [0.1, 0.15) is 49.3 Å². The lowest BCUT2D eigenvalue weighted by atomic mass is 9.90. The molecule has 4 rings (SSSR count). The summed E-state index contributed by atoms with van der Waals surface area (Å²) in [5.74, 6) is -0.681. The van der Waals surface area contributed by atoms with Gasteiger partial charge in [-0.3, -0.25) is 0 Å². The number of hydrogen-bond donors (Lipinski definition) is 0. The Balaban J connectivity index is 1.65. The van der Waals surface area contributed by atoms with E-state index in [9.17, 15) is 0 Å². The maximum atomic E-state index is 6.54. The molecule has 0 amide bonds. The van der Waals surface area contributed by atoms with Crippen LogP contribution in [0.2, 0.25) is 10.0 Å². The van der Waals surface area contributed by atoms with E-state index in [0.717, 1.165) is 42.4 Å². The van der Waals surface area contributed by atoms with E-state index < -0.39 is 11.9 Å². The molecule has 0 radical (unpaired) electrons. The van der Waals surface area contributed by atoms with Gasteiger partial charge >= 0.3 is 0 Å². The molecule has 3 nitrogen and oxygen atoms in total. The predicted molar refractivity (Wildman–Crippen MR) is 108 cm³/mol. The van der Waals surface area contributed by atoms with Gasteiger partial charge in [-0.25, -0.2) is 9.78 Å². The highest BCUT2D eigenvalue weighted by Crippen LogP contribution is 2.45. The Kier molecular flexibility index (Phi) is 5.58. The Morgan fingerprint density at radius 3 is 2.11 bits per heavy atom. The van der Waals surface area contributed by atoms with E-state index in [0.29, 0.717) is 10.0 Å². The molecule has 1 saturated carbocycles. The molecule has 1 aliphatic carbocycles. The molecule has 2 aliphatic rings. The van der Waals surface area contributed by atoms with Crippen LogP contribution in [0.5, 0.6) is 0 Å². The van der Waals surface area contributed by atoms with Crippen molar-refractivity contribution in [2.24, 2.45) is 0 Å². The summed E-state index contributed by atoms with van der Waals surface area (Å²) in [4.78, 5) is 11.8. The van der Waals surface area contributed by atoms with Crippen LogP contribution in [-0.2, 0) is 14.5 Å². The molecule has 0 aromatic heterocycles. The molecule has 1 spiro atoms. The van der Waals surface area contributed by atoms with E-state index in [1.165, 1.54) is 6.42 Å². The van der Waals surface area contributed by atoms with Crippen molar-refractivity contribution in [3.05, 3.63) is 76.3 Å². The average molecular weight is 405 g/mol. The van der Waals surface area contributed by atoms with Gasteiger partial charge < -0.3 is 4.74 Å². The van der Waals surface area contributed by atoms with Crippen molar-refractivity contribution in [2.75, 3.05) is 0 Å². The fourth-order valence-corrected chi connectivity index (χ4v) is 4.01. The Hall–Kier alpha value is -1.36. The Labute approximate surface area is 169 Å². The summed E-state index contributed by atoms with van der Waals surface area (Å²) in [5, 5.41) is 1.37. The van der Waals surface area contributed by atoms with Crippen molar-refractivity contribution < 1.29 is 14.5 Å². The largest absolute Gasteiger partial charge is 0.336 e. The zero-order valence-corrected chi connectivity index (χ0v) is 16.5. The first-order valence-electron chi connectivity index (χ1n) is 9.29. The molecule has 0 bridgehead atoms. The molecular formula is C22H22Cl2O3. The summed E-state index contributed by atoms with van der Waals surface area (Å²) in [6.45, 7) is 4.25. The molecule has 2 fully saturated rings. The molecule has 1 aliphatic heterocycles. The summed E-state index contributed by atoms with van der Waals surface area (Å²) in [7, 11) is 0. The van der Waals surface area contributed by atoms with Crippen LogP contribution in [0.15, 0.2) is 55.1 Å². The fourth-order valence-electron chi connectivity index (χ4n) is 3.76. The second-order valence-corrected chi connectivity index (χ2v) is 8.07. The van der Waals surface area contributed by atoms with Crippen molar-refractivity contribution in [3.8, 4) is 0 Å². The van der Waals surface area contributed by atoms with E-state index in [1.54, 1.807) is 0 Å². The molecule has 27 heavy (non-hydrogen) atoms. The predicted octanol–water partition coefficient (Wildman–Crippen LogP) is 6.76. The van der Waals surface area contributed by atoms with Gasteiger partial charge in [0.1, 0.15) is 12.2 Å². The van der Waals surface area contributed by atoms with Crippen molar-refractivity contribution in [3.63, 3.8) is 0 Å². The second-order valence-electron chi connectivity index (χ2n) is 7.19. The van der Waals surface area contributed by atoms with Gasteiger partial charge in [0.25, 0.3) is 0 Å². The summed E-state index contributed by atoms with van der Waals surface area (Å²) < 4.78 is 6.54. The summed E-state index contributed by atoms with van der Waals surface area (Å²) in [5.41, 5.74) is 2.72. The topological polar surface area (TPSA) is 27.7 Å². The van der Waals surface area contributed by atoms with E-state index in [2.05, 4.69) is 6.58 Å². The van der Waals surface area contributed by atoms with Crippen LogP contribution in [0.3, 0.4) is 0 Å². The van der Waals surface area contributed by atoms with Gasteiger partial charge in [-0.05, 0) is 53.8 Å². The first-order valence-corrected chi connectivity index (χ1v) is 10.0. The van der Waals surface area contributed by atoms with E-state index in [1.807, 2.05) is 48.5 Å². The molecule has 2 atom stereocenters. The smallest absolute Gasteiger partial charge is 0.202 e. The number of benzene rings is 2. The fraction of sp³-hybridized carbons (Fsp3) is 0.364.